The molecule has 0 aliphatic heterocycles. The second-order valence-corrected chi connectivity index (χ2v) is 6.30. The third-order valence-electron chi connectivity index (χ3n) is 1.42. The molecule has 0 rings (SSSR count). The zero-order chi connectivity index (χ0) is 9.61. The van der Waals surface area contributed by atoms with Gasteiger partial charge in [0.05, 0.1) is 6.61 Å². The lowest BCUT2D eigenvalue weighted by Crippen LogP contribution is -2.27. The molecule has 0 aromatic heterocycles. The number of halogens is 2. The van der Waals surface area contributed by atoms with Gasteiger partial charge in [0.2, 0.25) is 0 Å². The molecule has 0 spiro atoms. The number of unbranched alkanes of at least 4 members (excludes halogenated alkanes) is 1. The number of hydrogen-bond acceptors (Lipinski definition) is 2. The zero-order valence-electron chi connectivity index (χ0n) is 7.40. The number of rotatable bonds is 5. The summed E-state index contributed by atoms with van der Waals surface area (Å²) in [6.07, 6.45) is 2.82. The van der Waals surface area contributed by atoms with Crippen LogP contribution in [0.5, 0.6) is 0 Å². The monoisotopic (exact) mass is 300 g/mol. The average Bonchev–Trinajstić information content (AvgIpc) is 2.01. The van der Waals surface area contributed by atoms with Gasteiger partial charge in [-0.05, 0) is 13.3 Å². The van der Waals surface area contributed by atoms with Gasteiger partial charge < -0.3 is 4.74 Å². The molecule has 12 heavy (non-hydrogen) atoms. The summed E-state index contributed by atoms with van der Waals surface area (Å²) < 4.78 is 4.20. The molecule has 0 saturated heterocycles. The van der Waals surface area contributed by atoms with E-state index in [9.17, 15) is 4.79 Å². The Balaban J connectivity index is 3.90. The van der Waals surface area contributed by atoms with E-state index < -0.39 is 3.23 Å². The van der Waals surface area contributed by atoms with E-state index in [2.05, 4.69) is 38.8 Å². The molecular weight excluding hydrogens is 288 g/mol. The Morgan fingerprint density at radius 3 is 2.42 bits per heavy atom. The number of alkyl halides is 2. The molecule has 0 amide bonds. The van der Waals surface area contributed by atoms with Crippen LogP contribution >= 0.6 is 31.9 Å². The van der Waals surface area contributed by atoms with E-state index in [0.717, 1.165) is 19.3 Å². The van der Waals surface area contributed by atoms with E-state index in [1.54, 1.807) is 6.92 Å². The second-order valence-electron chi connectivity index (χ2n) is 2.53. The number of carbonyl (C=O) groups is 1. The number of hydrogen-bond donors (Lipinski definition) is 0. The van der Waals surface area contributed by atoms with Crippen molar-refractivity contribution in [1.82, 2.24) is 0 Å². The van der Waals surface area contributed by atoms with E-state index >= 15 is 0 Å². The summed E-state index contributed by atoms with van der Waals surface area (Å²) in [6, 6.07) is 0. The van der Waals surface area contributed by atoms with Crippen LogP contribution in [0.15, 0.2) is 0 Å². The Morgan fingerprint density at radius 2 is 2.00 bits per heavy atom. The highest BCUT2D eigenvalue weighted by atomic mass is 79.9. The van der Waals surface area contributed by atoms with Gasteiger partial charge in [0.1, 0.15) is 0 Å². The maximum atomic E-state index is 11.3. The minimum absolute atomic E-state index is 0.238. The molecule has 0 radical (unpaired) electrons. The van der Waals surface area contributed by atoms with Gasteiger partial charge in [-0.25, -0.2) is 4.79 Å². The highest BCUT2D eigenvalue weighted by Gasteiger charge is 2.32. The Morgan fingerprint density at radius 1 is 1.42 bits per heavy atom. The van der Waals surface area contributed by atoms with Gasteiger partial charge in [-0.3, -0.25) is 0 Å². The highest BCUT2D eigenvalue weighted by molar-refractivity contribution is 9.25. The first-order valence-corrected chi connectivity index (χ1v) is 5.68. The van der Waals surface area contributed by atoms with Crippen molar-refractivity contribution < 1.29 is 9.53 Å². The molecule has 0 saturated carbocycles. The van der Waals surface area contributed by atoms with Crippen LogP contribution in [0.4, 0.5) is 0 Å². The first-order valence-electron chi connectivity index (χ1n) is 4.09. The molecule has 0 aromatic rings. The van der Waals surface area contributed by atoms with Crippen molar-refractivity contribution in [3.05, 3.63) is 0 Å². The van der Waals surface area contributed by atoms with E-state index in [1.807, 2.05) is 0 Å². The summed E-state index contributed by atoms with van der Waals surface area (Å²) in [5.74, 6) is -0.238. The van der Waals surface area contributed by atoms with Gasteiger partial charge in [0.15, 0.2) is 3.23 Å². The van der Waals surface area contributed by atoms with E-state index in [0.29, 0.717) is 6.61 Å². The molecule has 72 valence electrons. The number of ether oxygens (including phenoxy) is 1. The summed E-state index contributed by atoms with van der Waals surface area (Å²) >= 11 is 6.58. The van der Waals surface area contributed by atoms with Gasteiger partial charge >= 0.3 is 5.97 Å². The highest BCUT2D eigenvalue weighted by Crippen LogP contribution is 2.33. The van der Waals surface area contributed by atoms with Gasteiger partial charge in [0.25, 0.3) is 0 Å². The van der Waals surface area contributed by atoms with Crippen molar-refractivity contribution in [2.75, 3.05) is 6.61 Å². The van der Waals surface area contributed by atoms with Crippen molar-refractivity contribution in [2.24, 2.45) is 0 Å². The standard InChI is InChI=1S/C8H14Br2O2/c1-3-5-6-8(9,10)7(11)12-4-2/h3-6H2,1-2H3. The lowest BCUT2D eigenvalue weighted by Gasteiger charge is -2.17. The minimum Gasteiger partial charge on any atom is -0.464 e. The van der Waals surface area contributed by atoms with Crippen LogP contribution < -0.4 is 0 Å². The fraction of sp³-hybridized carbons (Fsp3) is 0.875. The Labute approximate surface area is 90.3 Å². The average molecular weight is 302 g/mol. The summed E-state index contributed by atoms with van der Waals surface area (Å²) in [7, 11) is 0. The Kier molecular flexibility index (Phi) is 6.19. The summed E-state index contributed by atoms with van der Waals surface area (Å²) in [5.41, 5.74) is 0. The van der Waals surface area contributed by atoms with Crippen molar-refractivity contribution >= 4 is 37.8 Å². The van der Waals surface area contributed by atoms with Crippen LogP contribution in [-0.4, -0.2) is 15.8 Å². The van der Waals surface area contributed by atoms with Gasteiger partial charge in [-0.1, -0.05) is 51.6 Å². The molecule has 4 heteroatoms. The molecule has 0 atom stereocenters. The van der Waals surface area contributed by atoms with E-state index in [4.69, 9.17) is 4.74 Å². The van der Waals surface area contributed by atoms with E-state index in [-0.39, 0.29) is 5.97 Å². The quantitative estimate of drug-likeness (QED) is 0.576. The third kappa shape index (κ3) is 4.45. The molecule has 0 N–H and O–H groups in total. The van der Waals surface area contributed by atoms with Crippen molar-refractivity contribution in [3.8, 4) is 0 Å². The predicted octanol–water partition coefficient (Wildman–Crippen LogP) is 3.23. The number of esters is 1. The molecule has 2 nitrogen and oxygen atoms in total. The van der Waals surface area contributed by atoms with Crippen LogP contribution in [0, 0.1) is 0 Å². The van der Waals surface area contributed by atoms with Crippen molar-refractivity contribution in [2.45, 2.75) is 36.3 Å². The molecule has 0 fully saturated rings. The lowest BCUT2D eigenvalue weighted by atomic mass is 10.2. The van der Waals surface area contributed by atoms with E-state index in [1.165, 1.54) is 0 Å². The summed E-state index contributed by atoms with van der Waals surface area (Å²) in [4.78, 5) is 11.3. The smallest absolute Gasteiger partial charge is 0.333 e. The summed E-state index contributed by atoms with van der Waals surface area (Å²) in [6.45, 7) is 4.30. The minimum atomic E-state index is -0.675. The molecule has 0 bridgehead atoms. The maximum Gasteiger partial charge on any atom is 0.333 e. The predicted molar refractivity (Wildman–Crippen MR) is 56.7 cm³/mol. The van der Waals surface area contributed by atoms with Crippen molar-refractivity contribution in [3.63, 3.8) is 0 Å². The lowest BCUT2D eigenvalue weighted by molar-refractivity contribution is -0.143. The fourth-order valence-corrected chi connectivity index (χ4v) is 1.53. The van der Waals surface area contributed by atoms with Gasteiger partial charge in [-0.2, -0.15) is 0 Å². The first-order chi connectivity index (χ1) is 5.54. The molecule has 0 heterocycles. The molecular formula is C8H14Br2O2. The fourth-order valence-electron chi connectivity index (χ4n) is 0.738. The summed E-state index contributed by atoms with van der Waals surface area (Å²) in [5, 5.41) is 0. The zero-order valence-corrected chi connectivity index (χ0v) is 10.6. The maximum absolute atomic E-state index is 11.3. The largest absolute Gasteiger partial charge is 0.464 e. The van der Waals surface area contributed by atoms with Gasteiger partial charge in [-0.15, -0.1) is 0 Å². The number of carbonyl (C=O) groups excluding carboxylic acids is 1. The molecule has 0 aliphatic rings. The molecule has 0 aliphatic carbocycles. The van der Waals surface area contributed by atoms with Crippen LogP contribution in [0.3, 0.4) is 0 Å². The second kappa shape index (κ2) is 5.97. The van der Waals surface area contributed by atoms with Gasteiger partial charge in [0, 0.05) is 0 Å². The topological polar surface area (TPSA) is 26.3 Å². The van der Waals surface area contributed by atoms with Crippen LogP contribution in [0.2, 0.25) is 0 Å². The van der Waals surface area contributed by atoms with Crippen LogP contribution in [0.25, 0.3) is 0 Å². The third-order valence-corrected chi connectivity index (χ3v) is 2.86. The van der Waals surface area contributed by atoms with Crippen LogP contribution in [0.1, 0.15) is 33.1 Å². The van der Waals surface area contributed by atoms with Crippen molar-refractivity contribution in [1.29, 1.82) is 0 Å². The molecule has 0 aromatic carbocycles. The first kappa shape index (κ1) is 12.4. The SMILES string of the molecule is CCCCC(Br)(Br)C(=O)OCC. The van der Waals surface area contributed by atoms with Crippen LogP contribution in [-0.2, 0) is 9.53 Å². The molecule has 0 unspecified atom stereocenters. The Hall–Kier alpha value is 0.430. The Bertz CT molecular complexity index is 146. The normalized spacial score (nSPS) is 11.3.